The van der Waals surface area contributed by atoms with Crippen LogP contribution in [-0.2, 0) is 9.59 Å². The van der Waals surface area contributed by atoms with Gasteiger partial charge >= 0.3 is 0 Å². The summed E-state index contributed by atoms with van der Waals surface area (Å²) in [6.07, 6.45) is 0.772. The summed E-state index contributed by atoms with van der Waals surface area (Å²) < 4.78 is 0. The van der Waals surface area contributed by atoms with Gasteiger partial charge in [-0.3, -0.25) is 9.59 Å². The Balaban J connectivity index is 1.42. The monoisotopic (exact) mass is 411 g/mol. The number of nitrogens with zero attached hydrogens (tertiary/aromatic N) is 2. The predicted octanol–water partition coefficient (Wildman–Crippen LogP) is 3.86. The molecule has 0 spiro atoms. The highest BCUT2D eigenvalue weighted by Crippen LogP contribution is 2.51. The van der Waals surface area contributed by atoms with Crippen molar-refractivity contribution >= 4 is 40.9 Å². The van der Waals surface area contributed by atoms with Gasteiger partial charge in [-0.1, -0.05) is 29.8 Å². The standard InChI is InChI=1S/C21H18ClN3O2S/c22-18-4-2-1-3-15(18)16-9-17(16)21(27)25-12-28-11-19(25)20(26)24-14-7-5-13(10-23)6-8-14/h1-8,16-17,19H,9,11-12H2,(H,24,26). The van der Waals surface area contributed by atoms with Crippen molar-refractivity contribution in [2.24, 2.45) is 5.92 Å². The van der Waals surface area contributed by atoms with E-state index in [1.807, 2.05) is 30.3 Å². The molecule has 28 heavy (non-hydrogen) atoms. The summed E-state index contributed by atoms with van der Waals surface area (Å²) in [5.74, 6) is 0.957. The second-order valence-corrected chi connectivity index (χ2v) is 8.38. The zero-order valence-corrected chi connectivity index (χ0v) is 16.5. The average molecular weight is 412 g/mol. The molecule has 1 aliphatic heterocycles. The normalized spacial score (nSPS) is 23.1. The van der Waals surface area contributed by atoms with Gasteiger partial charge in [0.15, 0.2) is 0 Å². The minimum atomic E-state index is -0.486. The lowest BCUT2D eigenvalue weighted by atomic mass is 10.1. The highest BCUT2D eigenvalue weighted by molar-refractivity contribution is 7.99. The fraction of sp³-hybridized carbons (Fsp3) is 0.286. The van der Waals surface area contributed by atoms with Crippen LogP contribution in [0.5, 0.6) is 0 Å². The zero-order chi connectivity index (χ0) is 19.7. The lowest BCUT2D eigenvalue weighted by Gasteiger charge is -2.23. The molecular formula is C21H18ClN3O2S. The van der Waals surface area contributed by atoms with Gasteiger partial charge in [-0.2, -0.15) is 5.26 Å². The first-order valence-corrected chi connectivity index (χ1v) is 10.6. The lowest BCUT2D eigenvalue weighted by molar-refractivity contribution is -0.137. The number of hydrogen-bond acceptors (Lipinski definition) is 4. The maximum atomic E-state index is 13.0. The maximum absolute atomic E-state index is 13.0. The molecule has 5 nitrogen and oxygen atoms in total. The number of nitriles is 1. The first-order chi connectivity index (χ1) is 13.6. The van der Waals surface area contributed by atoms with E-state index < -0.39 is 6.04 Å². The van der Waals surface area contributed by atoms with Crippen LogP contribution in [0.15, 0.2) is 48.5 Å². The van der Waals surface area contributed by atoms with Gasteiger partial charge in [0.2, 0.25) is 11.8 Å². The summed E-state index contributed by atoms with van der Waals surface area (Å²) in [5.41, 5.74) is 2.16. The number of thioether (sulfide) groups is 1. The third kappa shape index (κ3) is 3.73. The second-order valence-electron chi connectivity index (χ2n) is 6.97. The van der Waals surface area contributed by atoms with E-state index in [0.717, 1.165) is 12.0 Å². The highest BCUT2D eigenvalue weighted by Gasteiger charge is 2.49. The molecule has 4 rings (SSSR count). The second kappa shape index (κ2) is 7.86. The Morgan fingerprint density at radius 1 is 1.18 bits per heavy atom. The number of amides is 2. The molecule has 3 unspecified atom stereocenters. The van der Waals surface area contributed by atoms with Gasteiger partial charge in [-0.05, 0) is 48.2 Å². The van der Waals surface area contributed by atoms with E-state index in [2.05, 4.69) is 5.32 Å². The molecule has 7 heteroatoms. The molecule has 1 saturated carbocycles. The van der Waals surface area contributed by atoms with Crippen molar-refractivity contribution in [1.29, 1.82) is 5.26 Å². The van der Waals surface area contributed by atoms with Gasteiger partial charge in [0.1, 0.15) is 6.04 Å². The zero-order valence-electron chi connectivity index (χ0n) is 15.0. The molecule has 0 bridgehead atoms. The molecule has 1 N–H and O–H groups in total. The van der Waals surface area contributed by atoms with E-state index in [1.165, 1.54) is 0 Å². The predicted molar refractivity (Wildman–Crippen MR) is 110 cm³/mol. The Morgan fingerprint density at radius 2 is 1.93 bits per heavy atom. The lowest BCUT2D eigenvalue weighted by Crippen LogP contribution is -2.45. The van der Waals surface area contributed by atoms with E-state index in [9.17, 15) is 9.59 Å². The molecule has 2 aliphatic rings. The molecule has 2 amide bonds. The highest BCUT2D eigenvalue weighted by atomic mass is 35.5. The molecule has 142 valence electrons. The summed E-state index contributed by atoms with van der Waals surface area (Å²) in [5, 5.41) is 12.4. The molecule has 1 aliphatic carbocycles. The van der Waals surface area contributed by atoms with Crippen molar-refractivity contribution in [3.8, 4) is 6.07 Å². The summed E-state index contributed by atoms with van der Waals surface area (Å²) in [6.45, 7) is 0. The molecule has 2 aromatic carbocycles. The number of nitrogens with one attached hydrogen (secondary N) is 1. The van der Waals surface area contributed by atoms with Crippen LogP contribution < -0.4 is 5.32 Å². The van der Waals surface area contributed by atoms with Crippen molar-refractivity contribution in [2.75, 3.05) is 16.9 Å². The van der Waals surface area contributed by atoms with Crippen LogP contribution in [0.25, 0.3) is 0 Å². The Labute approximate surface area is 172 Å². The fourth-order valence-corrected chi connectivity index (χ4v) is 4.97. The molecule has 3 atom stereocenters. The molecular weight excluding hydrogens is 394 g/mol. The minimum Gasteiger partial charge on any atom is -0.324 e. The Hall–Kier alpha value is -2.49. The van der Waals surface area contributed by atoms with Gasteiger partial charge in [-0.25, -0.2) is 0 Å². The van der Waals surface area contributed by atoms with Crippen LogP contribution in [0.4, 0.5) is 5.69 Å². The molecule has 2 aromatic rings. The van der Waals surface area contributed by atoms with Crippen molar-refractivity contribution in [1.82, 2.24) is 4.90 Å². The van der Waals surface area contributed by atoms with E-state index in [0.29, 0.717) is 27.9 Å². The quantitative estimate of drug-likeness (QED) is 0.829. The summed E-state index contributed by atoms with van der Waals surface area (Å²) in [4.78, 5) is 27.4. The van der Waals surface area contributed by atoms with Crippen LogP contribution in [0.2, 0.25) is 5.02 Å². The number of anilines is 1. The average Bonchev–Trinajstić information content (AvgIpc) is 3.34. The van der Waals surface area contributed by atoms with Gasteiger partial charge in [0, 0.05) is 22.4 Å². The van der Waals surface area contributed by atoms with Gasteiger partial charge in [-0.15, -0.1) is 11.8 Å². The number of carbonyl (C=O) groups excluding carboxylic acids is 2. The molecule has 0 aromatic heterocycles. The van der Waals surface area contributed by atoms with Crippen molar-refractivity contribution < 1.29 is 9.59 Å². The Morgan fingerprint density at radius 3 is 2.64 bits per heavy atom. The number of rotatable bonds is 4. The summed E-state index contributed by atoms with van der Waals surface area (Å²) in [6, 6.07) is 15.9. The third-order valence-corrected chi connectivity index (χ3v) is 6.52. The van der Waals surface area contributed by atoms with Crippen LogP contribution in [-0.4, -0.2) is 34.4 Å². The summed E-state index contributed by atoms with van der Waals surface area (Å²) >= 11 is 7.85. The molecule has 0 radical (unpaired) electrons. The van der Waals surface area contributed by atoms with Gasteiger partial charge in [0.05, 0.1) is 17.5 Å². The maximum Gasteiger partial charge on any atom is 0.248 e. The molecule has 1 saturated heterocycles. The van der Waals surface area contributed by atoms with Gasteiger partial charge in [0.25, 0.3) is 0 Å². The number of hydrogen-bond donors (Lipinski definition) is 1. The van der Waals surface area contributed by atoms with Crippen molar-refractivity contribution in [2.45, 2.75) is 18.4 Å². The van der Waals surface area contributed by atoms with E-state index >= 15 is 0 Å². The topological polar surface area (TPSA) is 73.2 Å². The first-order valence-electron chi connectivity index (χ1n) is 9.02. The van der Waals surface area contributed by atoms with Gasteiger partial charge < -0.3 is 10.2 Å². The van der Waals surface area contributed by atoms with Crippen LogP contribution in [0.3, 0.4) is 0 Å². The molecule has 2 fully saturated rings. The number of halogens is 1. The number of carbonyl (C=O) groups is 2. The number of benzene rings is 2. The van der Waals surface area contributed by atoms with E-state index in [4.69, 9.17) is 16.9 Å². The Kier molecular flexibility index (Phi) is 5.29. The van der Waals surface area contributed by atoms with Crippen molar-refractivity contribution in [3.63, 3.8) is 0 Å². The van der Waals surface area contributed by atoms with Crippen LogP contribution in [0.1, 0.15) is 23.5 Å². The van der Waals surface area contributed by atoms with E-state index in [1.54, 1.807) is 40.9 Å². The fourth-order valence-electron chi connectivity index (χ4n) is 3.53. The summed E-state index contributed by atoms with van der Waals surface area (Å²) in [7, 11) is 0. The minimum absolute atomic E-state index is 0.0231. The molecule has 1 heterocycles. The van der Waals surface area contributed by atoms with E-state index in [-0.39, 0.29) is 23.7 Å². The SMILES string of the molecule is N#Cc1ccc(NC(=O)C2CSCN2C(=O)C2CC2c2ccccc2Cl)cc1. The largest absolute Gasteiger partial charge is 0.324 e. The smallest absolute Gasteiger partial charge is 0.248 e. The van der Waals surface area contributed by atoms with Crippen LogP contribution in [0, 0.1) is 17.2 Å². The third-order valence-electron chi connectivity index (χ3n) is 5.16. The van der Waals surface area contributed by atoms with Crippen LogP contribution >= 0.6 is 23.4 Å². The Bertz CT molecular complexity index is 957. The van der Waals surface area contributed by atoms with Crippen molar-refractivity contribution in [3.05, 3.63) is 64.7 Å². The first kappa shape index (κ1) is 18.9.